The van der Waals surface area contributed by atoms with Crippen molar-refractivity contribution in [3.05, 3.63) is 0 Å². The second-order valence-electron chi connectivity index (χ2n) is 4.59. The van der Waals surface area contributed by atoms with Crippen molar-refractivity contribution in [1.29, 1.82) is 0 Å². The third kappa shape index (κ3) is 2.98. The van der Waals surface area contributed by atoms with E-state index in [2.05, 4.69) is 27.9 Å². The summed E-state index contributed by atoms with van der Waals surface area (Å²) in [7, 11) is 0. The molecule has 0 unspecified atom stereocenters. The Bertz CT molecular complexity index is 229. The zero-order valence-electron chi connectivity index (χ0n) is 8.88. The van der Waals surface area contributed by atoms with E-state index in [1.54, 1.807) is 0 Å². The van der Waals surface area contributed by atoms with Crippen LogP contribution in [0.25, 0.3) is 0 Å². The highest BCUT2D eigenvalue weighted by Gasteiger charge is 2.34. The number of alkyl halides is 1. The van der Waals surface area contributed by atoms with Crippen LogP contribution in [0.1, 0.15) is 38.5 Å². The number of rotatable bonds is 3. The smallest absolute Gasteiger partial charge is 0.407 e. The Hall–Kier alpha value is -0.0000000000000000555. The van der Waals surface area contributed by atoms with Gasteiger partial charge in [-0.25, -0.2) is 4.79 Å². The summed E-state index contributed by atoms with van der Waals surface area (Å²) in [6.45, 7) is 0. The Balaban J connectivity index is 1.84. The molecule has 0 aromatic rings. The van der Waals surface area contributed by atoms with Gasteiger partial charge >= 0.3 is 6.09 Å². The average Bonchev–Trinajstić information content (AvgIpc) is 2.60. The molecule has 4 heteroatoms. The van der Waals surface area contributed by atoms with E-state index >= 15 is 0 Å². The van der Waals surface area contributed by atoms with E-state index in [1.165, 1.54) is 32.1 Å². The summed E-state index contributed by atoms with van der Waals surface area (Å²) in [6.07, 6.45) is 7.76. The highest BCUT2D eigenvalue weighted by molar-refractivity contribution is 14.1. The second-order valence-corrected chi connectivity index (χ2v) is 5.47. The zero-order chi connectivity index (χ0) is 10.7. The number of nitrogens with one attached hydrogen (secondary N) is 1. The first-order chi connectivity index (χ1) is 7.29. The summed E-state index contributed by atoms with van der Waals surface area (Å²) in [5, 5.41) is 2.94. The van der Waals surface area contributed by atoms with Gasteiger partial charge in [-0.3, -0.25) is 0 Å². The molecule has 2 fully saturated rings. The SMILES string of the molecule is O=C1N[C@@H](CC2CCCCC2)[C@@H](CI)O1. The Morgan fingerprint density at radius 1 is 1.33 bits per heavy atom. The summed E-state index contributed by atoms with van der Waals surface area (Å²) < 4.78 is 6.10. The van der Waals surface area contributed by atoms with Crippen LogP contribution in [-0.4, -0.2) is 22.7 Å². The van der Waals surface area contributed by atoms with Crippen LogP contribution in [0.3, 0.4) is 0 Å². The predicted molar refractivity (Wildman–Crippen MR) is 67.3 cm³/mol. The largest absolute Gasteiger partial charge is 0.443 e. The molecule has 0 radical (unpaired) electrons. The minimum Gasteiger partial charge on any atom is -0.443 e. The summed E-state index contributed by atoms with van der Waals surface area (Å²) in [5.41, 5.74) is 0. The number of ether oxygens (including phenoxy) is 1. The molecule has 3 nitrogen and oxygen atoms in total. The van der Waals surface area contributed by atoms with Crippen LogP contribution in [0.15, 0.2) is 0 Å². The minimum atomic E-state index is -0.225. The fourth-order valence-electron chi connectivity index (χ4n) is 2.63. The molecule has 1 N–H and O–H groups in total. The number of carbonyl (C=O) groups is 1. The third-order valence-corrected chi connectivity index (χ3v) is 4.34. The Labute approximate surface area is 104 Å². The van der Waals surface area contributed by atoms with Crippen molar-refractivity contribution < 1.29 is 9.53 Å². The second kappa shape index (κ2) is 5.37. The first-order valence-corrected chi connectivity index (χ1v) is 7.35. The van der Waals surface area contributed by atoms with Gasteiger partial charge < -0.3 is 10.1 Å². The lowest BCUT2D eigenvalue weighted by molar-refractivity contribution is 0.140. The molecule has 2 rings (SSSR count). The molecule has 0 aromatic carbocycles. The molecular formula is C11H18INO2. The monoisotopic (exact) mass is 323 g/mol. The van der Waals surface area contributed by atoms with Crippen molar-refractivity contribution in [2.24, 2.45) is 5.92 Å². The van der Waals surface area contributed by atoms with Gasteiger partial charge in [-0.05, 0) is 12.3 Å². The van der Waals surface area contributed by atoms with Crippen LogP contribution in [0.5, 0.6) is 0 Å². The number of carbonyl (C=O) groups excluding carboxylic acids is 1. The summed E-state index contributed by atoms with van der Waals surface area (Å²) in [5.74, 6) is 0.802. The van der Waals surface area contributed by atoms with Gasteiger partial charge in [-0.2, -0.15) is 0 Å². The van der Waals surface area contributed by atoms with Crippen molar-refractivity contribution in [1.82, 2.24) is 5.32 Å². The normalized spacial score (nSPS) is 32.5. The lowest BCUT2D eigenvalue weighted by Crippen LogP contribution is -2.34. The Morgan fingerprint density at radius 3 is 2.73 bits per heavy atom. The molecular weight excluding hydrogens is 305 g/mol. The van der Waals surface area contributed by atoms with E-state index in [0.717, 1.165) is 16.8 Å². The molecule has 2 aliphatic rings. The van der Waals surface area contributed by atoms with Crippen LogP contribution in [-0.2, 0) is 4.74 Å². The van der Waals surface area contributed by atoms with Crippen molar-refractivity contribution in [3.63, 3.8) is 0 Å². The first-order valence-electron chi connectivity index (χ1n) is 5.82. The van der Waals surface area contributed by atoms with Gasteiger partial charge in [-0.15, -0.1) is 0 Å². The molecule has 0 bridgehead atoms. The Morgan fingerprint density at radius 2 is 2.07 bits per heavy atom. The molecule has 1 saturated heterocycles. The van der Waals surface area contributed by atoms with Gasteiger partial charge in [0, 0.05) is 4.43 Å². The van der Waals surface area contributed by atoms with Crippen molar-refractivity contribution in [2.45, 2.75) is 50.7 Å². The maximum absolute atomic E-state index is 11.1. The first kappa shape index (κ1) is 11.5. The fourth-order valence-corrected chi connectivity index (χ4v) is 3.42. The lowest BCUT2D eigenvalue weighted by Gasteiger charge is -2.25. The van der Waals surface area contributed by atoms with E-state index < -0.39 is 0 Å². The number of cyclic esters (lactones) is 1. The van der Waals surface area contributed by atoms with E-state index in [1.807, 2.05) is 0 Å². The molecule has 1 saturated carbocycles. The van der Waals surface area contributed by atoms with E-state index in [9.17, 15) is 4.79 Å². The van der Waals surface area contributed by atoms with E-state index in [0.29, 0.717) is 0 Å². The molecule has 15 heavy (non-hydrogen) atoms. The summed E-state index contributed by atoms with van der Waals surface area (Å²) >= 11 is 2.29. The summed E-state index contributed by atoms with van der Waals surface area (Å²) in [4.78, 5) is 11.1. The quantitative estimate of drug-likeness (QED) is 0.641. The van der Waals surface area contributed by atoms with Crippen molar-refractivity contribution in [3.8, 4) is 0 Å². The van der Waals surface area contributed by atoms with E-state index in [-0.39, 0.29) is 18.2 Å². The molecule has 86 valence electrons. The lowest BCUT2D eigenvalue weighted by atomic mass is 9.84. The standard InChI is InChI=1S/C11H18INO2/c12-7-10-9(13-11(14)15-10)6-8-4-2-1-3-5-8/h8-10H,1-7H2,(H,13,14)/t9-,10+/m0/s1. The fraction of sp³-hybridized carbons (Fsp3) is 0.909. The van der Waals surface area contributed by atoms with Gasteiger partial charge in [0.2, 0.25) is 0 Å². The van der Waals surface area contributed by atoms with Gasteiger partial charge in [0.1, 0.15) is 6.10 Å². The minimum absolute atomic E-state index is 0.0972. The highest BCUT2D eigenvalue weighted by atomic mass is 127. The van der Waals surface area contributed by atoms with Crippen LogP contribution in [0.2, 0.25) is 0 Å². The molecule has 0 aromatic heterocycles. The maximum atomic E-state index is 11.1. The molecule has 1 aliphatic heterocycles. The molecule has 1 heterocycles. The molecule has 0 spiro atoms. The van der Waals surface area contributed by atoms with Crippen LogP contribution >= 0.6 is 22.6 Å². The van der Waals surface area contributed by atoms with E-state index in [4.69, 9.17) is 4.74 Å². The van der Waals surface area contributed by atoms with Crippen LogP contribution < -0.4 is 5.32 Å². The van der Waals surface area contributed by atoms with Crippen LogP contribution in [0, 0.1) is 5.92 Å². The molecule has 1 aliphatic carbocycles. The Kier molecular flexibility index (Phi) is 4.11. The molecule has 2 atom stereocenters. The van der Waals surface area contributed by atoms with Crippen LogP contribution in [0.4, 0.5) is 4.79 Å². The molecule has 1 amide bonds. The number of hydrogen-bond donors (Lipinski definition) is 1. The maximum Gasteiger partial charge on any atom is 0.407 e. The number of hydrogen-bond acceptors (Lipinski definition) is 2. The van der Waals surface area contributed by atoms with Crippen molar-refractivity contribution >= 4 is 28.7 Å². The van der Waals surface area contributed by atoms with Gasteiger partial charge in [0.05, 0.1) is 6.04 Å². The number of alkyl carbamates (subject to hydrolysis) is 1. The van der Waals surface area contributed by atoms with Gasteiger partial charge in [-0.1, -0.05) is 54.7 Å². The zero-order valence-corrected chi connectivity index (χ0v) is 11.0. The van der Waals surface area contributed by atoms with Gasteiger partial charge in [0.15, 0.2) is 0 Å². The summed E-state index contributed by atoms with van der Waals surface area (Å²) in [6, 6.07) is 0.262. The topological polar surface area (TPSA) is 38.3 Å². The highest BCUT2D eigenvalue weighted by Crippen LogP contribution is 2.29. The number of amides is 1. The third-order valence-electron chi connectivity index (χ3n) is 3.47. The van der Waals surface area contributed by atoms with Crippen molar-refractivity contribution in [2.75, 3.05) is 4.43 Å². The predicted octanol–water partition coefficient (Wildman–Crippen LogP) is 2.87. The number of halogens is 1. The average molecular weight is 323 g/mol. The van der Waals surface area contributed by atoms with Gasteiger partial charge in [0.25, 0.3) is 0 Å².